The van der Waals surface area contributed by atoms with E-state index in [4.69, 9.17) is 10.5 Å². The first kappa shape index (κ1) is 16.2. The van der Waals surface area contributed by atoms with Crippen molar-refractivity contribution in [3.05, 3.63) is 10.0 Å². The van der Waals surface area contributed by atoms with E-state index in [0.717, 1.165) is 40.4 Å². The van der Waals surface area contributed by atoms with Crippen LogP contribution in [0.1, 0.15) is 31.7 Å². The van der Waals surface area contributed by atoms with Crippen LogP contribution < -0.4 is 5.73 Å². The predicted molar refractivity (Wildman–Crippen MR) is 93.9 cm³/mol. The highest BCUT2D eigenvalue weighted by Crippen LogP contribution is 2.33. The number of nitrogens with zero attached hydrogens (tertiary/aromatic N) is 5. The van der Waals surface area contributed by atoms with Gasteiger partial charge in [0.15, 0.2) is 5.65 Å². The second-order valence-corrected chi connectivity index (χ2v) is 6.92. The molecule has 1 amide bonds. The van der Waals surface area contributed by atoms with Crippen LogP contribution in [0.4, 0.5) is 10.6 Å². The Hall–Kier alpha value is -1.65. The van der Waals surface area contributed by atoms with Crippen molar-refractivity contribution in [3.63, 3.8) is 0 Å². The van der Waals surface area contributed by atoms with E-state index in [1.165, 1.54) is 11.2 Å². The Labute approximate surface area is 147 Å². The molecule has 1 aliphatic rings. The molecular formula is C14H19IN6O2. The number of hydrogen-bond acceptors (Lipinski definition) is 6. The molecule has 0 atom stereocenters. The first-order valence-electron chi connectivity index (χ1n) is 7.49. The zero-order chi connectivity index (χ0) is 16.6. The Balaban J connectivity index is 1.74. The average Bonchev–Trinajstić information content (AvgIpc) is 2.86. The fourth-order valence-electron chi connectivity index (χ4n) is 2.86. The van der Waals surface area contributed by atoms with Crippen LogP contribution in [0.15, 0.2) is 6.33 Å². The minimum absolute atomic E-state index is 0.0262. The fourth-order valence-corrected chi connectivity index (χ4v) is 3.61. The molecule has 0 spiro atoms. The summed E-state index contributed by atoms with van der Waals surface area (Å²) in [5, 5.41) is 5.41. The Morgan fingerprint density at radius 2 is 2.04 bits per heavy atom. The number of amides is 1. The van der Waals surface area contributed by atoms with E-state index < -0.39 is 0 Å². The molecule has 2 N–H and O–H groups in total. The Bertz CT molecular complexity index is 723. The lowest BCUT2D eigenvalue weighted by Gasteiger charge is -2.29. The Morgan fingerprint density at radius 3 is 2.70 bits per heavy atom. The maximum atomic E-state index is 11.6. The molecule has 2 aromatic heterocycles. The normalized spacial score (nSPS) is 21.3. The van der Waals surface area contributed by atoms with Crippen LogP contribution in [-0.4, -0.2) is 50.9 Å². The molecule has 0 bridgehead atoms. The minimum atomic E-state index is -0.284. The third-order valence-corrected chi connectivity index (χ3v) is 4.85. The van der Waals surface area contributed by atoms with Gasteiger partial charge in [-0.1, -0.05) is 0 Å². The fraction of sp³-hybridized carbons (Fsp3) is 0.571. The maximum Gasteiger partial charge on any atom is 0.409 e. The summed E-state index contributed by atoms with van der Waals surface area (Å²) in [6.45, 7) is 0. The molecule has 1 saturated carbocycles. The number of fused-ring (bicyclic) bond motifs is 1. The lowest BCUT2D eigenvalue weighted by molar-refractivity contribution is 0.0471. The van der Waals surface area contributed by atoms with Crippen molar-refractivity contribution in [3.8, 4) is 0 Å². The van der Waals surface area contributed by atoms with Gasteiger partial charge >= 0.3 is 6.09 Å². The van der Waals surface area contributed by atoms with Crippen LogP contribution in [0.25, 0.3) is 11.0 Å². The highest BCUT2D eigenvalue weighted by atomic mass is 127. The zero-order valence-corrected chi connectivity index (χ0v) is 15.2. The number of anilines is 1. The smallest absolute Gasteiger partial charge is 0.409 e. The molecule has 2 aromatic rings. The molecule has 0 aliphatic heterocycles. The molecule has 2 heterocycles. The standard InChI is InChI=1S/C14H19IN6O2/c1-20(2)14(22)23-9-5-3-8(4-6-9)21-13-10(11(15)19-21)12(16)17-7-18-13/h7-9H,3-6H2,1-2H3,(H2,16,17,18)/t8-,9-. The number of carbonyl (C=O) groups excluding carboxylic acids is 1. The van der Waals surface area contributed by atoms with Crippen molar-refractivity contribution in [2.45, 2.75) is 37.8 Å². The molecule has 0 saturated heterocycles. The topological polar surface area (TPSA) is 99.2 Å². The highest BCUT2D eigenvalue weighted by Gasteiger charge is 2.28. The van der Waals surface area contributed by atoms with E-state index >= 15 is 0 Å². The van der Waals surface area contributed by atoms with E-state index in [9.17, 15) is 4.79 Å². The van der Waals surface area contributed by atoms with Gasteiger partial charge in [0.1, 0.15) is 21.9 Å². The van der Waals surface area contributed by atoms with Gasteiger partial charge in [0.2, 0.25) is 0 Å². The summed E-state index contributed by atoms with van der Waals surface area (Å²) >= 11 is 2.16. The van der Waals surface area contributed by atoms with Crippen molar-refractivity contribution in [1.82, 2.24) is 24.6 Å². The second kappa shape index (κ2) is 6.46. The molecule has 3 rings (SSSR count). The van der Waals surface area contributed by atoms with E-state index in [2.05, 4.69) is 37.7 Å². The number of carbonyl (C=O) groups is 1. The van der Waals surface area contributed by atoms with Crippen LogP contribution >= 0.6 is 22.6 Å². The SMILES string of the molecule is CN(C)C(=O)O[C@H]1CC[C@H](n2nc(I)c3c(N)ncnc32)CC1. The Kier molecular flexibility index (Phi) is 4.55. The van der Waals surface area contributed by atoms with Gasteiger partial charge in [-0.25, -0.2) is 19.4 Å². The van der Waals surface area contributed by atoms with Gasteiger partial charge in [-0.2, -0.15) is 5.10 Å². The number of ether oxygens (including phenoxy) is 1. The molecule has 124 valence electrons. The molecule has 1 fully saturated rings. The Morgan fingerprint density at radius 1 is 1.35 bits per heavy atom. The minimum Gasteiger partial charge on any atom is -0.446 e. The molecule has 0 radical (unpaired) electrons. The van der Waals surface area contributed by atoms with Crippen molar-refractivity contribution in [2.24, 2.45) is 0 Å². The average molecular weight is 430 g/mol. The summed E-state index contributed by atoms with van der Waals surface area (Å²) in [6.07, 6.45) is 4.58. The summed E-state index contributed by atoms with van der Waals surface area (Å²) in [6, 6.07) is 0.240. The van der Waals surface area contributed by atoms with Crippen LogP contribution in [0.5, 0.6) is 0 Å². The van der Waals surface area contributed by atoms with Crippen LogP contribution in [0, 0.1) is 3.70 Å². The van der Waals surface area contributed by atoms with Gasteiger partial charge in [-0.15, -0.1) is 0 Å². The molecule has 8 nitrogen and oxygen atoms in total. The van der Waals surface area contributed by atoms with Crippen molar-refractivity contribution >= 4 is 45.5 Å². The number of hydrogen-bond donors (Lipinski definition) is 1. The van der Waals surface area contributed by atoms with Crippen LogP contribution in [-0.2, 0) is 4.74 Å². The number of nitrogens with two attached hydrogens (primary N) is 1. The predicted octanol–water partition coefficient (Wildman–Crippen LogP) is 2.20. The lowest BCUT2D eigenvalue weighted by atomic mass is 9.93. The van der Waals surface area contributed by atoms with Crippen molar-refractivity contribution in [1.29, 1.82) is 0 Å². The zero-order valence-electron chi connectivity index (χ0n) is 13.1. The molecule has 23 heavy (non-hydrogen) atoms. The van der Waals surface area contributed by atoms with Gasteiger partial charge in [-0.05, 0) is 48.3 Å². The van der Waals surface area contributed by atoms with E-state index in [1.54, 1.807) is 14.1 Å². The molecule has 9 heteroatoms. The number of halogens is 1. The third kappa shape index (κ3) is 3.19. The molecule has 0 unspecified atom stereocenters. The summed E-state index contributed by atoms with van der Waals surface area (Å²) in [4.78, 5) is 21.5. The summed E-state index contributed by atoms with van der Waals surface area (Å²) in [5.74, 6) is 0.458. The lowest BCUT2D eigenvalue weighted by Crippen LogP contribution is -2.31. The summed E-state index contributed by atoms with van der Waals surface area (Å²) in [5.41, 5.74) is 6.71. The number of rotatable bonds is 2. The third-order valence-electron chi connectivity index (χ3n) is 4.10. The number of nitrogen functional groups attached to an aromatic ring is 1. The first-order chi connectivity index (χ1) is 11.0. The monoisotopic (exact) mass is 430 g/mol. The van der Waals surface area contributed by atoms with Crippen LogP contribution in [0.2, 0.25) is 0 Å². The van der Waals surface area contributed by atoms with Gasteiger partial charge in [0.25, 0.3) is 0 Å². The molecule has 1 aliphatic carbocycles. The maximum absolute atomic E-state index is 11.6. The van der Waals surface area contributed by atoms with Crippen molar-refractivity contribution in [2.75, 3.05) is 19.8 Å². The van der Waals surface area contributed by atoms with Crippen LogP contribution in [0.3, 0.4) is 0 Å². The van der Waals surface area contributed by atoms with E-state index in [1.807, 2.05) is 4.68 Å². The molecule has 0 aromatic carbocycles. The van der Waals surface area contributed by atoms with Gasteiger partial charge < -0.3 is 15.4 Å². The van der Waals surface area contributed by atoms with Gasteiger partial charge in [0.05, 0.1) is 11.4 Å². The largest absolute Gasteiger partial charge is 0.446 e. The first-order valence-corrected chi connectivity index (χ1v) is 8.57. The van der Waals surface area contributed by atoms with Gasteiger partial charge in [0, 0.05) is 14.1 Å². The van der Waals surface area contributed by atoms with Gasteiger partial charge in [-0.3, -0.25) is 0 Å². The molecular weight excluding hydrogens is 411 g/mol. The summed E-state index contributed by atoms with van der Waals surface area (Å²) < 4.78 is 8.22. The quantitative estimate of drug-likeness (QED) is 0.734. The highest BCUT2D eigenvalue weighted by molar-refractivity contribution is 14.1. The number of aromatic nitrogens is 4. The van der Waals surface area contributed by atoms with E-state index in [-0.39, 0.29) is 18.2 Å². The summed E-state index contributed by atoms with van der Waals surface area (Å²) in [7, 11) is 3.38. The van der Waals surface area contributed by atoms with E-state index in [0.29, 0.717) is 5.82 Å². The second-order valence-electron chi connectivity index (χ2n) is 5.90. The van der Waals surface area contributed by atoms with Crippen molar-refractivity contribution < 1.29 is 9.53 Å².